The minimum atomic E-state index is -0.894. The number of ether oxygens (including phenoxy) is 3. The zero-order valence-corrected chi connectivity index (χ0v) is 39.5. The average Bonchev–Trinajstić information content (AvgIpc) is 3.23. The molecule has 0 bridgehead atoms. The summed E-state index contributed by atoms with van der Waals surface area (Å²) in [5.74, 6) is -1.59. The minimum absolute atomic E-state index is 0.0210. The van der Waals surface area contributed by atoms with Gasteiger partial charge in [0.15, 0.2) is 12.1 Å². The van der Waals surface area contributed by atoms with Crippen LogP contribution < -0.4 is 0 Å². The molecule has 0 heterocycles. The van der Waals surface area contributed by atoms with E-state index in [0.29, 0.717) is 19.3 Å². The molecule has 0 aliphatic heterocycles. The number of carbonyl (C=O) groups is 3. The molecule has 0 spiro atoms. The lowest BCUT2D eigenvalue weighted by Crippen LogP contribution is -2.50. The molecule has 348 valence electrons. The number of nitrogens with zero attached hydrogens (tertiary/aromatic N) is 1. The fraction of sp³-hybridized carbons (Fsp3) is 0.574. The number of carboxylic acid groups (broad SMARTS) is 1. The molecule has 0 fully saturated rings. The molecule has 0 saturated heterocycles. The van der Waals surface area contributed by atoms with E-state index < -0.39 is 18.1 Å². The lowest BCUT2D eigenvalue weighted by atomic mass is 10.1. The molecule has 0 aromatic rings. The van der Waals surface area contributed by atoms with Gasteiger partial charge in [0.25, 0.3) is 0 Å². The average molecular weight is 861 g/mol. The van der Waals surface area contributed by atoms with Crippen molar-refractivity contribution in [1.29, 1.82) is 0 Å². The Hall–Kier alpha value is -4.27. The number of hydrogen-bond donors (Lipinski definition) is 1. The van der Waals surface area contributed by atoms with E-state index in [2.05, 4.69) is 129 Å². The summed E-state index contributed by atoms with van der Waals surface area (Å²) in [4.78, 5) is 37.1. The topological polar surface area (TPSA) is 99.1 Å². The Kier molecular flexibility index (Phi) is 40.4. The summed E-state index contributed by atoms with van der Waals surface area (Å²) >= 11 is 0. The fourth-order valence-corrected chi connectivity index (χ4v) is 6.05. The van der Waals surface area contributed by atoms with Crippen molar-refractivity contribution in [2.75, 3.05) is 41.0 Å². The molecule has 0 saturated carbocycles. The summed E-state index contributed by atoms with van der Waals surface area (Å²) in [5, 5.41) is 9.64. The Morgan fingerprint density at radius 1 is 0.516 bits per heavy atom. The Labute approximate surface area is 378 Å². The van der Waals surface area contributed by atoms with Gasteiger partial charge < -0.3 is 23.8 Å². The Bertz CT molecular complexity index is 1420. The normalized spacial score (nSPS) is 14.0. The second-order valence-electron chi connectivity index (χ2n) is 16.4. The van der Waals surface area contributed by atoms with E-state index in [-0.39, 0.29) is 42.7 Å². The Morgan fingerprint density at radius 2 is 0.984 bits per heavy atom. The predicted molar refractivity (Wildman–Crippen MR) is 261 cm³/mol. The molecule has 0 aromatic carbocycles. The molecule has 0 aliphatic carbocycles. The summed E-state index contributed by atoms with van der Waals surface area (Å²) in [6, 6.07) is -0.637. The first-order valence-corrected chi connectivity index (χ1v) is 23.6. The highest BCUT2D eigenvalue weighted by molar-refractivity contribution is 5.72. The molecule has 0 rings (SSSR count). The predicted octanol–water partition coefficient (Wildman–Crippen LogP) is 13.4. The number of hydrogen-bond acceptors (Lipinski definition) is 6. The molecule has 0 radical (unpaired) electrons. The molecule has 0 amide bonds. The Morgan fingerprint density at radius 3 is 1.52 bits per heavy atom. The SMILES string of the molecule is CC/C=C/C/C=C/C/C=C/C/C=C/C/C=C/C/C=C/CCCC(=O)OC(COCCC(C(=O)O)[N+](C)(C)C)COC(=O)CCCCCCC/C=C/C=C/C=C/C=C/CCCCC. The molecule has 2 unspecified atom stereocenters. The summed E-state index contributed by atoms with van der Waals surface area (Å²) in [7, 11) is 5.49. The molecule has 8 heteroatoms. The maximum Gasteiger partial charge on any atom is 0.362 e. The summed E-state index contributed by atoms with van der Waals surface area (Å²) < 4.78 is 17.2. The van der Waals surface area contributed by atoms with Crippen LogP contribution in [0.1, 0.15) is 149 Å². The third-order valence-electron chi connectivity index (χ3n) is 9.69. The van der Waals surface area contributed by atoms with Crippen LogP contribution in [0.4, 0.5) is 0 Å². The number of allylic oxidation sites excluding steroid dienone is 20. The van der Waals surface area contributed by atoms with Crippen LogP contribution in [0, 0.1) is 0 Å². The van der Waals surface area contributed by atoms with Crippen molar-refractivity contribution < 1.29 is 38.2 Å². The van der Waals surface area contributed by atoms with Crippen molar-refractivity contribution in [3.63, 3.8) is 0 Å². The molecule has 62 heavy (non-hydrogen) atoms. The Balaban J connectivity index is 4.50. The van der Waals surface area contributed by atoms with Crippen molar-refractivity contribution in [2.24, 2.45) is 0 Å². The first-order valence-electron chi connectivity index (χ1n) is 23.6. The maximum atomic E-state index is 12.7. The van der Waals surface area contributed by atoms with E-state index >= 15 is 0 Å². The van der Waals surface area contributed by atoms with Crippen LogP contribution in [0.25, 0.3) is 0 Å². The number of likely N-dealkylation sites (N-methyl/N-ethyl adjacent to an activating group) is 1. The number of unbranched alkanes of at least 4 members (excludes halogenated alkanes) is 9. The van der Waals surface area contributed by atoms with Crippen molar-refractivity contribution in [3.05, 3.63) is 122 Å². The van der Waals surface area contributed by atoms with Gasteiger partial charge in [0.2, 0.25) is 0 Å². The lowest BCUT2D eigenvalue weighted by molar-refractivity contribution is -0.887. The van der Waals surface area contributed by atoms with Gasteiger partial charge in [-0.3, -0.25) is 9.59 Å². The number of carboxylic acids is 1. The quantitative estimate of drug-likeness (QED) is 0.0215. The van der Waals surface area contributed by atoms with Crippen LogP contribution in [0.2, 0.25) is 0 Å². The third-order valence-corrected chi connectivity index (χ3v) is 9.69. The number of rotatable bonds is 40. The summed E-state index contributed by atoms with van der Waals surface area (Å²) in [5.41, 5.74) is 0. The number of aliphatic carboxylic acids is 1. The van der Waals surface area contributed by atoms with Gasteiger partial charge in [-0.05, 0) is 83.5 Å². The van der Waals surface area contributed by atoms with Crippen molar-refractivity contribution in [2.45, 2.75) is 161 Å². The van der Waals surface area contributed by atoms with Gasteiger partial charge in [0, 0.05) is 19.3 Å². The maximum absolute atomic E-state index is 12.7. The molecule has 0 aliphatic rings. The van der Waals surface area contributed by atoms with Crippen LogP contribution >= 0.6 is 0 Å². The van der Waals surface area contributed by atoms with Gasteiger partial charge in [0.05, 0.1) is 34.4 Å². The van der Waals surface area contributed by atoms with Gasteiger partial charge in [-0.2, -0.15) is 0 Å². The van der Waals surface area contributed by atoms with E-state index in [1.54, 1.807) is 0 Å². The molecular formula is C54H86NO7+. The van der Waals surface area contributed by atoms with Crippen molar-refractivity contribution in [1.82, 2.24) is 0 Å². The van der Waals surface area contributed by atoms with Gasteiger partial charge in [-0.25, -0.2) is 4.79 Å². The lowest BCUT2D eigenvalue weighted by Gasteiger charge is -2.31. The smallest absolute Gasteiger partial charge is 0.362 e. The van der Waals surface area contributed by atoms with E-state index in [4.69, 9.17) is 14.2 Å². The standard InChI is InChI=1S/C54H85NO7/c1-6-8-10-12-14-16-18-20-22-24-26-27-29-31-33-35-37-39-41-43-45-53(57)62-50(48-60-47-46-51(54(58)59)55(3,4)5)49-61-52(56)44-42-40-38-36-34-32-30-28-25-23-21-19-17-15-13-11-9-7-2/h8,10,14-17,19-23,25-28,30-31,33,37,39,50-51H,6-7,9,11-13,18,24,29,32,34-36,38,40-49H2,1-5H3/p+1/b10-8+,16-14+,17-15+,21-19+,22-20+,25-23+,27-26+,30-28+,33-31+,39-37+. The van der Waals surface area contributed by atoms with Crippen molar-refractivity contribution in [3.8, 4) is 0 Å². The van der Waals surface area contributed by atoms with Gasteiger partial charge in [0.1, 0.15) is 6.61 Å². The van der Waals surface area contributed by atoms with E-state index in [1.807, 2.05) is 27.2 Å². The largest absolute Gasteiger partial charge is 0.477 e. The zero-order valence-electron chi connectivity index (χ0n) is 39.5. The first-order chi connectivity index (χ1) is 30.1. The number of carbonyl (C=O) groups excluding carboxylic acids is 2. The van der Waals surface area contributed by atoms with Crippen LogP contribution in [-0.4, -0.2) is 80.6 Å². The molecule has 1 N–H and O–H groups in total. The second kappa shape index (κ2) is 43.4. The van der Waals surface area contributed by atoms with Gasteiger partial charge >= 0.3 is 17.9 Å². The van der Waals surface area contributed by atoms with Crippen LogP contribution in [0.5, 0.6) is 0 Å². The summed E-state index contributed by atoms with van der Waals surface area (Å²) in [6.45, 7) is 4.47. The highest BCUT2D eigenvalue weighted by Crippen LogP contribution is 2.12. The van der Waals surface area contributed by atoms with Crippen LogP contribution in [-0.2, 0) is 28.6 Å². The molecule has 2 atom stereocenters. The van der Waals surface area contributed by atoms with Crippen LogP contribution in [0.15, 0.2) is 122 Å². The highest BCUT2D eigenvalue weighted by atomic mass is 16.6. The van der Waals surface area contributed by atoms with E-state index in [9.17, 15) is 19.5 Å². The summed E-state index contributed by atoms with van der Waals surface area (Å²) in [6.07, 6.45) is 61.0. The van der Waals surface area contributed by atoms with Crippen molar-refractivity contribution >= 4 is 17.9 Å². The third kappa shape index (κ3) is 41.1. The second-order valence-corrected chi connectivity index (χ2v) is 16.4. The van der Waals surface area contributed by atoms with E-state index in [1.165, 1.54) is 19.3 Å². The van der Waals surface area contributed by atoms with Gasteiger partial charge in [-0.15, -0.1) is 0 Å². The van der Waals surface area contributed by atoms with Crippen LogP contribution in [0.3, 0.4) is 0 Å². The fourth-order valence-electron chi connectivity index (χ4n) is 6.05. The zero-order chi connectivity index (χ0) is 45.6. The number of esters is 2. The minimum Gasteiger partial charge on any atom is -0.477 e. The highest BCUT2D eigenvalue weighted by Gasteiger charge is 2.31. The first kappa shape index (κ1) is 57.7. The number of quaternary nitrogens is 1. The van der Waals surface area contributed by atoms with Gasteiger partial charge in [-0.1, -0.05) is 167 Å². The molecular weight excluding hydrogens is 775 g/mol. The molecule has 0 aromatic heterocycles. The molecule has 8 nitrogen and oxygen atoms in total. The van der Waals surface area contributed by atoms with E-state index in [0.717, 1.165) is 89.9 Å². The monoisotopic (exact) mass is 861 g/mol.